The molecule has 4 nitrogen and oxygen atoms in total. The second-order valence-corrected chi connectivity index (χ2v) is 8.51. The van der Waals surface area contributed by atoms with Crippen molar-refractivity contribution in [1.29, 1.82) is 0 Å². The summed E-state index contributed by atoms with van der Waals surface area (Å²) in [5, 5.41) is 3.53. The monoisotopic (exact) mass is 288 g/mol. The number of sulfone groups is 1. The SMILES string of the molecule is CCS(=O)(=O)CCCN1CCNCC12CCCCC2. The number of hydrogen-bond donors (Lipinski definition) is 1. The maximum atomic E-state index is 11.6. The average molecular weight is 288 g/mol. The van der Waals surface area contributed by atoms with Gasteiger partial charge in [0.15, 0.2) is 0 Å². The lowest BCUT2D eigenvalue weighted by Crippen LogP contribution is -2.62. The molecule has 0 atom stereocenters. The van der Waals surface area contributed by atoms with E-state index < -0.39 is 9.84 Å². The van der Waals surface area contributed by atoms with Crippen molar-refractivity contribution in [3.63, 3.8) is 0 Å². The van der Waals surface area contributed by atoms with Gasteiger partial charge in [-0.15, -0.1) is 0 Å². The maximum Gasteiger partial charge on any atom is 0.150 e. The van der Waals surface area contributed by atoms with Crippen LogP contribution in [0.5, 0.6) is 0 Å². The van der Waals surface area contributed by atoms with Gasteiger partial charge in [0.1, 0.15) is 9.84 Å². The van der Waals surface area contributed by atoms with E-state index in [0.717, 1.165) is 32.6 Å². The van der Waals surface area contributed by atoms with Gasteiger partial charge in [-0.3, -0.25) is 4.90 Å². The molecule has 1 aliphatic carbocycles. The Hall–Kier alpha value is -0.130. The quantitative estimate of drug-likeness (QED) is 0.831. The fourth-order valence-electron chi connectivity index (χ4n) is 3.56. The topological polar surface area (TPSA) is 49.4 Å². The largest absolute Gasteiger partial charge is 0.314 e. The molecule has 1 N–H and O–H groups in total. The van der Waals surface area contributed by atoms with Crippen LogP contribution in [0.4, 0.5) is 0 Å². The molecule has 5 heteroatoms. The Balaban J connectivity index is 1.89. The van der Waals surface area contributed by atoms with Gasteiger partial charge in [-0.2, -0.15) is 0 Å². The van der Waals surface area contributed by atoms with E-state index in [1.807, 2.05) is 0 Å². The highest BCUT2D eigenvalue weighted by atomic mass is 32.2. The predicted molar refractivity (Wildman–Crippen MR) is 79.2 cm³/mol. The minimum absolute atomic E-state index is 0.277. The van der Waals surface area contributed by atoms with Gasteiger partial charge in [0.05, 0.1) is 5.75 Å². The van der Waals surface area contributed by atoms with E-state index in [0.29, 0.717) is 11.3 Å². The molecule has 0 amide bonds. The number of nitrogens with one attached hydrogen (secondary N) is 1. The number of piperazine rings is 1. The molecule has 0 aromatic carbocycles. The van der Waals surface area contributed by atoms with Crippen molar-refractivity contribution >= 4 is 9.84 Å². The van der Waals surface area contributed by atoms with Crippen LogP contribution in [0.3, 0.4) is 0 Å². The van der Waals surface area contributed by atoms with E-state index in [9.17, 15) is 8.42 Å². The molecule has 2 aliphatic rings. The summed E-state index contributed by atoms with van der Waals surface area (Å²) in [6.07, 6.45) is 7.36. The van der Waals surface area contributed by atoms with Gasteiger partial charge in [-0.25, -0.2) is 8.42 Å². The van der Waals surface area contributed by atoms with Crippen LogP contribution in [0.15, 0.2) is 0 Å². The standard InChI is InChI=1S/C14H28N2O2S/c1-2-19(17,18)12-6-10-16-11-9-15-13-14(16)7-4-3-5-8-14/h15H,2-13H2,1H3. The van der Waals surface area contributed by atoms with Crippen LogP contribution < -0.4 is 5.32 Å². The first-order valence-corrected chi connectivity index (χ1v) is 9.56. The molecule has 0 aromatic rings. The van der Waals surface area contributed by atoms with Gasteiger partial charge in [-0.1, -0.05) is 26.2 Å². The van der Waals surface area contributed by atoms with Gasteiger partial charge in [0.25, 0.3) is 0 Å². The van der Waals surface area contributed by atoms with Crippen molar-refractivity contribution in [2.24, 2.45) is 0 Å². The second-order valence-electron chi connectivity index (χ2n) is 6.04. The van der Waals surface area contributed by atoms with E-state index in [4.69, 9.17) is 0 Å². The molecule has 112 valence electrons. The molecule has 0 bridgehead atoms. The molecular formula is C14H28N2O2S. The van der Waals surface area contributed by atoms with Crippen molar-refractivity contribution in [2.45, 2.75) is 51.0 Å². The lowest BCUT2D eigenvalue weighted by molar-refractivity contribution is 0.0280. The van der Waals surface area contributed by atoms with Crippen LogP contribution in [0.25, 0.3) is 0 Å². The molecule has 1 saturated carbocycles. The Morgan fingerprint density at radius 2 is 1.95 bits per heavy atom. The highest BCUT2D eigenvalue weighted by molar-refractivity contribution is 7.91. The number of rotatable bonds is 5. The van der Waals surface area contributed by atoms with Crippen LogP contribution in [-0.4, -0.2) is 56.5 Å². The molecule has 19 heavy (non-hydrogen) atoms. The molecule has 0 radical (unpaired) electrons. The first-order valence-electron chi connectivity index (χ1n) is 7.74. The summed E-state index contributed by atoms with van der Waals surface area (Å²) < 4.78 is 23.2. The Labute approximate surface area is 117 Å². The van der Waals surface area contributed by atoms with Crippen LogP contribution in [0.2, 0.25) is 0 Å². The first-order chi connectivity index (χ1) is 9.08. The van der Waals surface area contributed by atoms with Crippen molar-refractivity contribution in [1.82, 2.24) is 10.2 Å². The Bertz CT molecular complexity index is 367. The summed E-state index contributed by atoms with van der Waals surface area (Å²) in [5.41, 5.74) is 0.326. The summed E-state index contributed by atoms with van der Waals surface area (Å²) in [4.78, 5) is 2.58. The van der Waals surface area contributed by atoms with Gasteiger partial charge in [0, 0.05) is 30.9 Å². The van der Waals surface area contributed by atoms with Gasteiger partial charge in [-0.05, 0) is 25.8 Å². The lowest BCUT2D eigenvalue weighted by Gasteiger charge is -2.50. The van der Waals surface area contributed by atoms with E-state index in [2.05, 4.69) is 10.2 Å². The zero-order valence-electron chi connectivity index (χ0n) is 12.2. The minimum Gasteiger partial charge on any atom is -0.314 e. The summed E-state index contributed by atoms with van der Waals surface area (Å²) >= 11 is 0. The fraction of sp³-hybridized carbons (Fsp3) is 1.00. The zero-order valence-corrected chi connectivity index (χ0v) is 13.0. The van der Waals surface area contributed by atoms with Gasteiger partial charge in [0.2, 0.25) is 0 Å². The summed E-state index contributed by atoms with van der Waals surface area (Å²) in [6, 6.07) is 0. The first kappa shape index (κ1) is 15.3. The molecule has 1 heterocycles. The Morgan fingerprint density at radius 3 is 2.63 bits per heavy atom. The molecule has 1 aliphatic heterocycles. The highest BCUT2D eigenvalue weighted by Gasteiger charge is 2.39. The summed E-state index contributed by atoms with van der Waals surface area (Å²) in [6.45, 7) is 5.89. The maximum absolute atomic E-state index is 11.6. The second kappa shape index (κ2) is 6.55. The smallest absolute Gasteiger partial charge is 0.150 e. The Morgan fingerprint density at radius 1 is 1.21 bits per heavy atom. The Kier molecular flexibility index (Phi) is 5.26. The van der Waals surface area contributed by atoms with Gasteiger partial charge >= 0.3 is 0 Å². The van der Waals surface area contributed by atoms with Crippen molar-refractivity contribution in [3.05, 3.63) is 0 Å². The third-order valence-corrected chi connectivity index (χ3v) is 6.58. The van der Waals surface area contributed by atoms with Crippen LogP contribution in [0, 0.1) is 0 Å². The van der Waals surface area contributed by atoms with E-state index in [1.165, 1.54) is 32.1 Å². The highest BCUT2D eigenvalue weighted by Crippen LogP contribution is 2.34. The average Bonchev–Trinajstić information content (AvgIpc) is 2.42. The molecule has 2 fully saturated rings. The van der Waals surface area contributed by atoms with Crippen LogP contribution >= 0.6 is 0 Å². The van der Waals surface area contributed by atoms with E-state index in [-0.39, 0.29) is 5.75 Å². The molecule has 1 spiro atoms. The van der Waals surface area contributed by atoms with E-state index >= 15 is 0 Å². The van der Waals surface area contributed by atoms with Crippen LogP contribution in [0.1, 0.15) is 45.4 Å². The van der Waals surface area contributed by atoms with E-state index in [1.54, 1.807) is 6.92 Å². The molecule has 1 saturated heterocycles. The third-order valence-electron chi connectivity index (χ3n) is 4.79. The summed E-state index contributed by atoms with van der Waals surface area (Å²) in [7, 11) is -2.80. The van der Waals surface area contributed by atoms with Crippen molar-refractivity contribution in [3.8, 4) is 0 Å². The van der Waals surface area contributed by atoms with Crippen LogP contribution in [-0.2, 0) is 9.84 Å². The predicted octanol–water partition coefficient (Wildman–Crippen LogP) is 1.42. The third kappa shape index (κ3) is 3.92. The molecular weight excluding hydrogens is 260 g/mol. The molecule has 0 unspecified atom stereocenters. The van der Waals surface area contributed by atoms with Crippen molar-refractivity contribution in [2.75, 3.05) is 37.7 Å². The molecule has 2 rings (SSSR count). The number of hydrogen-bond acceptors (Lipinski definition) is 4. The van der Waals surface area contributed by atoms with Gasteiger partial charge < -0.3 is 5.32 Å². The summed E-state index contributed by atoms with van der Waals surface area (Å²) in [5.74, 6) is 0.628. The fourth-order valence-corrected chi connectivity index (χ4v) is 4.41. The van der Waals surface area contributed by atoms with Crippen molar-refractivity contribution < 1.29 is 8.42 Å². The zero-order chi connectivity index (χ0) is 13.8. The number of nitrogens with zero attached hydrogens (tertiary/aromatic N) is 1. The normalized spacial score (nSPS) is 24.7. The lowest BCUT2D eigenvalue weighted by atomic mass is 9.79. The minimum atomic E-state index is -2.80. The molecule has 0 aromatic heterocycles.